The average Bonchev–Trinajstić information content (AvgIpc) is 3.99. The van der Waals surface area contributed by atoms with Crippen molar-refractivity contribution >= 4 is 107 Å². The van der Waals surface area contributed by atoms with E-state index in [1.165, 1.54) is 97.6 Å². The van der Waals surface area contributed by atoms with Gasteiger partial charge in [-0.15, -0.1) is 0 Å². The van der Waals surface area contributed by atoms with Crippen LogP contribution in [0.25, 0.3) is 95.2 Å². The third-order valence-corrected chi connectivity index (χ3v) is 22.1. The second kappa shape index (κ2) is 20.1. The summed E-state index contributed by atoms with van der Waals surface area (Å²) in [4.78, 5) is 2.51. The minimum atomic E-state index is -2.65. The van der Waals surface area contributed by atoms with Gasteiger partial charge < -0.3 is 13.9 Å². The Kier molecular flexibility index (Phi) is 12.0. The van der Waals surface area contributed by atoms with Crippen LogP contribution in [0.1, 0.15) is 12.0 Å². The van der Waals surface area contributed by atoms with E-state index in [2.05, 4.69) is 324 Å². The van der Waals surface area contributed by atoms with Crippen molar-refractivity contribution in [2.75, 3.05) is 4.90 Å². The zero-order valence-electron chi connectivity index (χ0n) is 45.4. The molecule has 0 spiro atoms. The molecule has 3 heterocycles. The summed E-state index contributed by atoms with van der Waals surface area (Å²) in [6.45, 7) is 8.64. The monoisotopic (exact) mass is 1060 g/mol. The zero-order valence-corrected chi connectivity index (χ0v) is 46.4. The lowest BCUT2D eigenvalue weighted by Crippen LogP contribution is -2.74. The molecule has 11 aromatic carbocycles. The molecule has 0 amide bonds. The lowest BCUT2D eigenvalue weighted by atomic mass is 9.95. The molecule has 1 aliphatic rings. The molecule has 1 aliphatic carbocycles. The molecule has 0 N–H and O–H groups in total. The largest absolute Gasteiger partial charge is 0.334 e. The molecule has 14 aromatic rings. The van der Waals surface area contributed by atoms with Crippen LogP contribution in [0.3, 0.4) is 0 Å². The number of benzene rings is 11. The molecule has 3 nitrogen and oxygen atoms in total. The molecule has 1 unspecified atom stereocenters. The van der Waals surface area contributed by atoms with Gasteiger partial charge in [0.05, 0.1) is 28.1 Å². The van der Waals surface area contributed by atoms with E-state index in [1.54, 1.807) is 0 Å². The minimum Gasteiger partial charge on any atom is -0.334 e. The van der Waals surface area contributed by atoms with E-state index in [9.17, 15) is 0 Å². The van der Waals surface area contributed by atoms with E-state index in [1.807, 2.05) is 6.08 Å². The highest BCUT2D eigenvalue weighted by Gasteiger charge is 2.41. The van der Waals surface area contributed by atoms with Gasteiger partial charge in [-0.05, 0) is 127 Å². The van der Waals surface area contributed by atoms with Gasteiger partial charge in [-0.1, -0.05) is 250 Å². The van der Waals surface area contributed by atoms with Crippen LogP contribution in [0.4, 0.5) is 11.4 Å². The number of nitrogens with zero attached hydrogens (tertiary/aromatic N) is 3. The first kappa shape index (κ1) is 48.8. The van der Waals surface area contributed by atoms with Crippen molar-refractivity contribution in [3.05, 3.63) is 320 Å². The highest BCUT2D eigenvalue weighted by Crippen LogP contribution is 2.39. The molecule has 15 rings (SSSR count). The molecule has 0 fully saturated rings. The van der Waals surface area contributed by atoms with Crippen LogP contribution in [0.2, 0.25) is 0 Å². The Labute approximate surface area is 478 Å². The van der Waals surface area contributed by atoms with Gasteiger partial charge in [0.1, 0.15) is 0 Å². The summed E-state index contributed by atoms with van der Waals surface area (Å²) < 4.78 is 4.70. The molecular weight excluding hydrogens is 1010 g/mol. The maximum absolute atomic E-state index is 4.57. The quantitative estimate of drug-likeness (QED) is 0.0877. The Morgan fingerprint density at radius 2 is 0.866 bits per heavy atom. The molecule has 0 radical (unpaired) electrons. The van der Waals surface area contributed by atoms with Gasteiger partial charge in [0, 0.05) is 54.6 Å². The maximum Gasteiger partial charge on any atom is 0.179 e. The Balaban J connectivity index is 0.783. The van der Waals surface area contributed by atoms with E-state index in [4.69, 9.17) is 0 Å². The smallest absolute Gasteiger partial charge is 0.179 e. The van der Waals surface area contributed by atoms with Crippen molar-refractivity contribution in [3.8, 4) is 27.9 Å². The Morgan fingerprint density at radius 3 is 1.38 bits per heavy atom. The van der Waals surface area contributed by atoms with Gasteiger partial charge in [-0.25, -0.2) is 0 Å². The fourth-order valence-electron chi connectivity index (χ4n) is 13.5. The molecule has 0 bridgehead atoms. The van der Waals surface area contributed by atoms with Crippen molar-refractivity contribution in [2.24, 2.45) is 0 Å². The van der Waals surface area contributed by atoms with Crippen molar-refractivity contribution in [1.29, 1.82) is 0 Å². The molecule has 4 heteroatoms. The average molecular weight is 1060 g/mol. The van der Waals surface area contributed by atoms with E-state index < -0.39 is 8.07 Å². The third-order valence-electron chi connectivity index (χ3n) is 17.3. The van der Waals surface area contributed by atoms with Crippen LogP contribution in [-0.4, -0.2) is 23.1 Å². The van der Waals surface area contributed by atoms with Crippen LogP contribution >= 0.6 is 0 Å². The standard InChI is InChI=1S/C78H57N3Si/c1-3-19-69-54(2)79-75-29-16-15-28-72(75)74-53-60(52-73(69)78(74)79)59-38-46-63(47-39-59)80(61-42-32-55(33-43-61)56-36-48-64(49-37-56)81-76-30-17-13-26-70(76)71-27-14-18-31-77(71)81)62-44-34-57(35-45-62)58-40-50-68(51-41-58)82(65-20-7-4-8-21-65,66-22-9-5-10-23-66)67-24-11-6-12-25-67/h3-42,44-53,61H,1-2,43H2. The van der Waals surface area contributed by atoms with Gasteiger partial charge in [0.25, 0.3) is 0 Å². The second-order valence-corrected chi connectivity index (χ2v) is 25.5. The number of anilines is 2. The molecular formula is C78H57N3Si. The Morgan fingerprint density at radius 1 is 0.427 bits per heavy atom. The molecule has 388 valence electrons. The summed E-state index contributed by atoms with van der Waals surface area (Å²) in [5.74, 6) is 0. The number of allylic oxidation sites excluding steroid dienone is 3. The normalized spacial score (nSPS) is 13.9. The number of aromatic nitrogens is 2. The molecule has 0 saturated heterocycles. The lowest BCUT2D eigenvalue weighted by Gasteiger charge is -2.34. The third kappa shape index (κ3) is 7.94. The van der Waals surface area contributed by atoms with Gasteiger partial charge in [0.15, 0.2) is 8.07 Å². The summed E-state index contributed by atoms with van der Waals surface area (Å²) in [5.41, 5.74) is 15.4. The van der Waals surface area contributed by atoms with Crippen molar-refractivity contribution in [3.63, 3.8) is 0 Å². The first-order chi connectivity index (χ1) is 40.5. The van der Waals surface area contributed by atoms with Crippen LogP contribution < -0.4 is 36.2 Å². The number of rotatable bonds is 12. The molecule has 0 aliphatic heterocycles. The first-order valence-electron chi connectivity index (χ1n) is 28.4. The number of fused-ring (bicyclic) bond motifs is 6. The summed E-state index contributed by atoms with van der Waals surface area (Å²) in [5, 5.41) is 13.8. The van der Waals surface area contributed by atoms with Crippen molar-refractivity contribution in [1.82, 2.24) is 8.97 Å². The van der Waals surface area contributed by atoms with Gasteiger partial charge in [0.2, 0.25) is 0 Å². The Hall–Kier alpha value is -10.3. The van der Waals surface area contributed by atoms with Gasteiger partial charge in [-0.2, -0.15) is 0 Å². The Bertz CT molecular complexity index is 4730. The van der Waals surface area contributed by atoms with Crippen molar-refractivity contribution in [2.45, 2.75) is 12.5 Å². The van der Waals surface area contributed by atoms with E-state index in [-0.39, 0.29) is 6.04 Å². The number of hydrogen-bond acceptors (Lipinski definition) is 1. The van der Waals surface area contributed by atoms with Crippen LogP contribution in [0.5, 0.6) is 0 Å². The fraction of sp³-hybridized carbons (Fsp3) is 0.0256. The number of hydrogen-bond donors (Lipinski definition) is 0. The van der Waals surface area contributed by atoms with Crippen LogP contribution in [0, 0.1) is 0 Å². The van der Waals surface area contributed by atoms with Gasteiger partial charge in [-0.3, -0.25) is 0 Å². The van der Waals surface area contributed by atoms with Crippen LogP contribution in [0.15, 0.2) is 304 Å². The molecule has 0 saturated carbocycles. The van der Waals surface area contributed by atoms with Gasteiger partial charge >= 0.3 is 0 Å². The summed E-state index contributed by atoms with van der Waals surface area (Å²) in [7, 11) is -2.65. The molecule has 1 atom stereocenters. The predicted octanol–water partition coefficient (Wildman–Crippen LogP) is 15.4. The summed E-state index contributed by atoms with van der Waals surface area (Å²) in [6, 6.07) is 101. The fourth-order valence-corrected chi connectivity index (χ4v) is 18.2. The summed E-state index contributed by atoms with van der Waals surface area (Å²) in [6.07, 6.45) is 11.9. The van der Waals surface area contributed by atoms with E-state index in [0.29, 0.717) is 0 Å². The van der Waals surface area contributed by atoms with E-state index >= 15 is 0 Å². The number of para-hydroxylation sites is 3. The lowest BCUT2D eigenvalue weighted by molar-refractivity contribution is 0.787. The predicted molar refractivity (Wildman–Crippen MR) is 352 cm³/mol. The molecule has 3 aromatic heterocycles. The highest BCUT2D eigenvalue weighted by atomic mass is 28.3. The van der Waals surface area contributed by atoms with Crippen molar-refractivity contribution < 1.29 is 0 Å². The highest BCUT2D eigenvalue weighted by molar-refractivity contribution is 7.19. The summed E-state index contributed by atoms with van der Waals surface area (Å²) >= 11 is 0. The topological polar surface area (TPSA) is 12.6 Å². The van der Waals surface area contributed by atoms with Crippen LogP contribution in [-0.2, 0) is 0 Å². The second-order valence-electron chi connectivity index (χ2n) is 21.7. The zero-order chi connectivity index (χ0) is 54.7. The van der Waals surface area contributed by atoms with E-state index in [0.717, 1.165) is 39.6 Å². The minimum absolute atomic E-state index is 0.0736. The SMILES string of the molecule is C=CC=c1c(=C)n2c3ccccc3c3cc(-c4ccc(N(c5ccc(-c6ccc([Si](c7ccccc7)(c7ccccc7)c7ccccc7)cc6)cc5)C5C=CC(c6ccc(-n7c8ccccc8c8ccccc87)cc6)=CC5)cc4)cc1c32. The maximum atomic E-state index is 4.57. The first-order valence-corrected chi connectivity index (χ1v) is 30.4. The molecule has 82 heavy (non-hydrogen) atoms.